The Bertz CT molecular complexity index is 336. The van der Waals surface area contributed by atoms with E-state index in [0.29, 0.717) is 0 Å². The smallest absolute Gasteiger partial charge is 0.0208 e. The van der Waals surface area contributed by atoms with E-state index in [0.717, 1.165) is 26.1 Å². The Morgan fingerprint density at radius 2 is 1.55 bits per heavy atom. The summed E-state index contributed by atoms with van der Waals surface area (Å²) in [7, 11) is 2.01. The van der Waals surface area contributed by atoms with Crippen molar-refractivity contribution in [1.82, 2.24) is 10.6 Å². The zero-order valence-electron chi connectivity index (χ0n) is 13.4. The lowest BCUT2D eigenvalue weighted by Crippen LogP contribution is -2.17. The predicted molar refractivity (Wildman–Crippen MR) is 89.2 cm³/mol. The van der Waals surface area contributed by atoms with Gasteiger partial charge in [-0.2, -0.15) is 0 Å². The molecule has 2 nitrogen and oxygen atoms in total. The van der Waals surface area contributed by atoms with Gasteiger partial charge >= 0.3 is 0 Å². The molecule has 0 spiro atoms. The van der Waals surface area contributed by atoms with Crippen molar-refractivity contribution in [3.05, 3.63) is 35.4 Å². The first kappa shape index (κ1) is 17.2. The molecule has 0 aliphatic rings. The molecule has 114 valence electrons. The maximum Gasteiger partial charge on any atom is 0.0208 e. The molecule has 0 bridgehead atoms. The Morgan fingerprint density at radius 3 is 2.30 bits per heavy atom. The average Bonchev–Trinajstić information content (AvgIpc) is 2.49. The molecule has 1 rings (SSSR count). The summed E-state index contributed by atoms with van der Waals surface area (Å²) in [5.41, 5.74) is 2.92. The van der Waals surface area contributed by atoms with Gasteiger partial charge in [-0.1, -0.05) is 63.3 Å². The van der Waals surface area contributed by atoms with E-state index in [1.165, 1.54) is 49.7 Å². The standard InChI is InChI=1S/C18H32N2/c1-3-4-5-6-7-10-14-20-16-18-12-9-8-11-17(18)13-15-19-2/h8-9,11-12,19-20H,3-7,10,13-16H2,1-2H3. The first-order chi connectivity index (χ1) is 9.88. The van der Waals surface area contributed by atoms with Crippen LogP contribution < -0.4 is 10.6 Å². The molecule has 0 aromatic heterocycles. The first-order valence-electron chi connectivity index (χ1n) is 8.30. The summed E-state index contributed by atoms with van der Waals surface area (Å²) in [5.74, 6) is 0. The number of benzene rings is 1. The molecule has 20 heavy (non-hydrogen) atoms. The molecule has 0 fully saturated rings. The van der Waals surface area contributed by atoms with Gasteiger partial charge in [-0.3, -0.25) is 0 Å². The molecule has 1 aromatic rings. The molecule has 2 N–H and O–H groups in total. The number of likely N-dealkylation sites (N-methyl/N-ethyl adjacent to an activating group) is 1. The molecule has 0 saturated carbocycles. The van der Waals surface area contributed by atoms with Gasteiger partial charge in [-0.15, -0.1) is 0 Å². The van der Waals surface area contributed by atoms with Gasteiger partial charge in [0.1, 0.15) is 0 Å². The summed E-state index contributed by atoms with van der Waals surface area (Å²) in [5, 5.41) is 6.81. The highest BCUT2D eigenvalue weighted by atomic mass is 14.8. The van der Waals surface area contributed by atoms with Gasteiger partial charge in [-0.25, -0.2) is 0 Å². The van der Waals surface area contributed by atoms with E-state index in [-0.39, 0.29) is 0 Å². The molecular weight excluding hydrogens is 244 g/mol. The zero-order chi connectivity index (χ0) is 14.5. The van der Waals surface area contributed by atoms with Crippen LogP contribution in [0.5, 0.6) is 0 Å². The fraction of sp³-hybridized carbons (Fsp3) is 0.667. The van der Waals surface area contributed by atoms with E-state index >= 15 is 0 Å². The molecule has 0 heterocycles. The minimum Gasteiger partial charge on any atom is -0.319 e. The van der Waals surface area contributed by atoms with Gasteiger partial charge in [0.05, 0.1) is 0 Å². The minimum atomic E-state index is 1.01. The van der Waals surface area contributed by atoms with E-state index < -0.39 is 0 Å². The van der Waals surface area contributed by atoms with Crippen LogP contribution in [0.25, 0.3) is 0 Å². The molecule has 0 saturated heterocycles. The van der Waals surface area contributed by atoms with E-state index in [1.807, 2.05) is 7.05 Å². The summed E-state index contributed by atoms with van der Waals surface area (Å²) in [6.07, 6.45) is 9.33. The second kappa shape index (κ2) is 11.9. The largest absolute Gasteiger partial charge is 0.319 e. The third-order valence-electron chi connectivity index (χ3n) is 3.79. The first-order valence-corrected chi connectivity index (χ1v) is 8.30. The van der Waals surface area contributed by atoms with Gasteiger partial charge in [0, 0.05) is 6.54 Å². The highest BCUT2D eigenvalue weighted by Gasteiger charge is 2.00. The maximum absolute atomic E-state index is 3.59. The highest BCUT2D eigenvalue weighted by Crippen LogP contribution is 2.09. The molecule has 0 atom stereocenters. The summed E-state index contributed by atoms with van der Waals surface area (Å²) < 4.78 is 0. The number of hydrogen-bond donors (Lipinski definition) is 2. The quantitative estimate of drug-likeness (QED) is 0.566. The topological polar surface area (TPSA) is 24.1 Å². The van der Waals surface area contributed by atoms with Crippen molar-refractivity contribution in [3.8, 4) is 0 Å². The molecule has 1 aromatic carbocycles. The Morgan fingerprint density at radius 1 is 0.850 bits per heavy atom. The van der Waals surface area contributed by atoms with Crippen LogP contribution in [-0.4, -0.2) is 20.1 Å². The summed E-state index contributed by atoms with van der Waals surface area (Å²) in [4.78, 5) is 0. The summed E-state index contributed by atoms with van der Waals surface area (Å²) in [6.45, 7) is 5.48. The van der Waals surface area contributed by atoms with Gasteiger partial charge in [0.25, 0.3) is 0 Å². The van der Waals surface area contributed by atoms with Crippen LogP contribution in [0.15, 0.2) is 24.3 Å². The van der Waals surface area contributed by atoms with Crippen LogP contribution >= 0.6 is 0 Å². The Hall–Kier alpha value is -0.860. The van der Waals surface area contributed by atoms with Crippen molar-refractivity contribution in [3.63, 3.8) is 0 Å². The monoisotopic (exact) mass is 276 g/mol. The third kappa shape index (κ3) is 7.66. The molecule has 0 amide bonds. The number of nitrogens with one attached hydrogen (secondary N) is 2. The van der Waals surface area contributed by atoms with Crippen LogP contribution in [0.3, 0.4) is 0 Å². The van der Waals surface area contributed by atoms with Gasteiger partial charge in [0.15, 0.2) is 0 Å². The van der Waals surface area contributed by atoms with Crippen molar-refractivity contribution in [2.24, 2.45) is 0 Å². The lowest BCUT2D eigenvalue weighted by molar-refractivity contribution is 0.571. The fourth-order valence-corrected chi connectivity index (χ4v) is 2.49. The lowest BCUT2D eigenvalue weighted by Gasteiger charge is -2.10. The van der Waals surface area contributed by atoms with Crippen LogP contribution in [0.1, 0.15) is 56.6 Å². The fourth-order valence-electron chi connectivity index (χ4n) is 2.49. The van der Waals surface area contributed by atoms with Crippen LogP contribution in [0.2, 0.25) is 0 Å². The molecule has 2 heteroatoms. The van der Waals surface area contributed by atoms with E-state index in [9.17, 15) is 0 Å². The normalized spacial score (nSPS) is 10.9. The second-order valence-electron chi connectivity index (χ2n) is 5.57. The Balaban J connectivity index is 2.15. The van der Waals surface area contributed by atoms with E-state index in [1.54, 1.807) is 0 Å². The van der Waals surface area contributed by atoms with Crippen molar-refractivity contribution < 1.29 is 0 Å². The number of unbranched alkanes of at least 4 members (excludes halogenated alkanes) is 5. The summed E-state index contributed by atoms with van der Waals surface area (Å²) >= 11 is 0. The van der Waals surface area contributed by atoms with Crippen molar-refractivity contribution in [2.75, 3.05) is 20.1 Å². The van der Waals surface area contributed by atoms with Crippen LogP contribution in [-0.2, 0) is 13.0 Å². The van der Waals surface area contributed by atoms with Crippen molar-refractivity contribution in [2.45, 2.75) is 58.4 Å². The second-order valence-corrected chi connectivity index (χ2v) is 5.57. The third-order valence-corrected chi connectivity index (χ3v) is 3.79. The molecule has 0 aliphatic heterocycles. The zero-order valence-corrected chi connectivity index (χ0v) is 13.4. The van der Waals surface area contributed by atoms with Gasteiger partial charge < -0.3 is 10.6 Å². The maximum atomic E-state index is 3.59. The van der Waals surface area contributed by atoms with Gasteiger partial charge in [0.2, 0.25) is 0 Å². The number of rotatable bonds is 12. The molecule has 0 radical (unpaired) electrons. The summed E-state index contributed by atoms with van der Waals surface area (Å²) in [6, 6.07) is 8.78. The lowest BCUT2D eigenvalue weighted by atomic mass is 10.0. The minimum absolute atomic E-state index is 1.01. The molecule has 0 aliphatic carbocycles. The van der Waals surface area contributed by atoms with Crippen molar-refractivity contribution in [1.29, 1.82) is 0 Å². The average molecular weight is 276 g/mol. The predicted octanol–water partition coefficient (Wildman–Crippen LogP) is 3.90. The van der Waals surface area contributed by atoms with E-state index in [2.05, 4.69) is 41.8 Å². The molecular formula is C18H32N2. The van der Waals surface area contributed by atoms with Crippen LogP contribution in [0, 0.1) is 0 Å². The van der Waals surface area contributed by atoms with Crippen LogP contribution in [0.4, 0.5) is 0 Å². The highest BCUT2D eigenvalue weighted by molar-refractivity contribution is 5.27. The van der Waals surface area contributed by atoms with Gasteiger partial charge in [-0.05, 0) is 44.1 Å². The van der Waals surface area contributed by atoms with Crippen molar-refractivity contribution >= 4 is 0 Å². The van der Waals surface area contributed by atoms with E-state index in [4.69, 9.17) is 0 Å². The Kier molecular flexibility index (Phi) is 10.3. The SMILES string of the molecule is CCCCCCCCNCc1ccccc1CCNC. The Labute approximate surface area is 125 Å². The molecule has 0 unspecified atom stereocenters. The number of hydrogen-bond acceptors (Lipinski definition) is 2.